The largest absolute Gasteiger partial charge is 0.323 e. The molecule has 1 heterocycles. The fourth-order valence-electron chi connectivity index (χ4n) is 2.48. The molecule has 18 heavy (non-hydrogen) atoms. The summed E-state index contributed by atoms with van der Waals surface area (Å²) in [5.41, 5.74) is 5.95. The second kappa shape index (κ2) is 5.76. The topological polar surface area (TPSA) is 29.3 Å². The smallest absolute Gasteiger partial charge is 0.130 e. The summed E-state index contributed by atoms with van der Waals surface area (Å²) in [5, 5.41) is 0. The molecule has 1 aromatic carbocycles. The zero-order chi connectivity index (χ0) is 13.1. The monoisotopic (exact) mass is 254 g/mol. The molecule has 0 spiro atoms. The fraction of sp³-hybridized carbons (Fsp3) is 0.571. The molecular weight excluding hydrogens is 234 g/mol. The summed E-state index contributed by atoms with van der Waals surface area (Å²) in [6.45, 7) is 4.67. The van der Waals surface area contributed by atoms with E-state index < -0.39 is 17.7 Å². The standard InChI is InChI=1S/C14H20F2N2/c1-10-5-7-18(8-6-10)9-13(17)14-11(15)3-2-4-12(14)16/h2-4,10,13H,5-9,17H2,1H3. The minimum absolute atomic E-state index is 0.0103. The summed E-state index contributed by atoms with van der Waals surface area (Å²) in [6, 6.07) is 3.29. The third-order valence-corrected chi connectivity index (χ3v) is 3.70. The second-order valence-corrected chi connectivity index (χ2v) is 5.22. The maximum Gasteiger partial charge on any atom is 0.130 e. The molecule has 0 aliphatic carbocycles. The van der Waals surface area contributed by atoms with Gasteiger partial charge in [-0.15, -0.1) is 0 Å². The molecule has 2 N–H and O–H groups in total. The van der Waals surface area contributed by atoms with Gasteiger partial charge in [-0.1, -0.05) is 13.0 Å². The Morgan fingerprint density at radius 2 is 1.83 bits per heavy atom. The average molecular weight is 254 g/mol. The molecule has 0 bridgehead atoms. The van der Waals surface area contributed by atoms with Crippen molar-refractivity contribution in [1.82, 2.24) is 4.90 Å². The van der Waals surface area contributed by atoms with Gasteiger partial charge in [0.05, 0.1) is 0 Å². The van der Waals surface area contributed by atoms with E-state index in [0.29, 0.717) is 6.54 Å². The molecule has 2 nitrogen and oxygen atoms in total. The quantitative estimate of drug-likeness (QED) is 0.898. The zero-order valence-electron chi connectivity index (χ0n) is 10.7. The number of benzene rings is 1. The highest BCUT2D eigenvalue weighted by molar-refractivity contribution is 5.23. The summed E-state index contributed by atoms with van der Waals surface area (Å²) in [7, 11) is 0. The van der Waals surface area contributed by atoms with Crippen molar-refractivity contribution < 1.29 is 8.78 Å². The normalized spacial score (nSPS) is 20.0. The number of piperidine rings is 1. The van der Waals surface area contributed by atoms with Gasteiger partial charge in [-0.25, -0.2) is 8.78 Å². The maximum absolute atomic E-state index is 13.6. The molecule has 0 amide bonds. The van der Waals surface area contributed by atoms with Gasteiger partial charge in [0.2, 0.25) is 0 Å². The Labute approximate surface area is 107 Å². The Hall–Kier alpha value is -1.00. The molecule has 4 heteroatoms. The van der Waals surface area contributed by atoms with Gasteiger partial charge in [-0.2, -0.15) is 0 Å². The summed E-state index contributed by atoms with van der Waals surface area (Å²) in [4.78, 5) is 2.19. The van der Waals surface area contributed by atoms with E-state index in [1.54, 1.807) is 0 Å². The van der Waals surface area contributed by atoms with Crippen LogP contribution in [-0.4, -0.2) is 24.5 Å². The van der Waals surface area contributed by atoms with Gasteiger partial charge in [0.1, 0.15) is 11.6 Å². The number of likely N-dealkylation sites (tertiary alicyclic amines) is 1. The van der Waals surface area contributed by atoms with E-state index in [1.807, 2.05) is 0 Å². The number of halogens is 2. The van der Waals surface area contributed by atoms with Crippen LogP contribution in [0.4, 0.5) is 8.78 Å². The summed E-state index contributed by atoms with van der Waals surface area (Å²) in [6.07, 6.45) is 2.26. The van der Waals surface area contributed by atoms with Gasteiger partial charge >= 0.3 is 0 Å². The average Bonchev–Trinajstić information content (AvgIpc) is 2.32. The Kier molecular flexibility index (Phi) is 4.30. The molecule has 0 saturated carbocycles. The summed E-state index contributed by atoms with van der Waals surface area (Å²) >= 11 is 0. The predicted molar refractivity (Wildman–Crippen MR) is 68.1 cm³/mol. The van der Waals surface area contributed by atoms with Crippen molar-refractivity contribution in [2.45, 2.75) is 25.8 Å². The van der Waals surface area contributed by atoms with E-state index in [9.17, 15) is 8.78 Å². The molecule has 1 aromatic rings. The van der Waals surface area contributed by atoms with Crippen LogP contribution in [0.1, 0.15) is 31.4 Å². The van der Waals surface area contributed by atoms with Crippen molar-refractivity contribution in [3.63, 3.8) is 0 Å². The van der Waals surface area contributed by atoms with E-state index >= 15 is 0 Å². The molecule has 1 saturated heterocycles. The molecule has 1 atom stereocenters. The highest BCUT2D eigenvalue weighted by Gasteiger charge is 2.22. The van der Waals surface area contributed by atoms with Crippen LogP contribution < -0.4 is 5.73 Å². The van der Waals surface area contributed by atoms with E-state index in [0.717, 1.165) is 31.8 Å². The van der Waals surface area contributed by atoms with Crippen LogP contribution in [-0.2, 0) is 0 Å². The van der Waals surface area contributed by atoms with Gasteiger partial charge in [0, 0.05) is 18.2 Å². The van der Waals surface area contributed by atoms with E-state index in [4.69, 9.17) is 5.73 Å². The summed E-state index contributed by atoms with van der Waals surface area (Å²) < 4.78 is 27.2. The molecule has 100 valence electrons. The van der Waals surface area contributed by atoms with Crippen molar-refractivity contribution in [1.29, 1.82) is 0 Å². The molecule has 0 aromatic heterocycles. The molecule has 1 fully saturated rings. The van der Waals surface area contributed by atoms with Crippen molar-refractivity contribution in [2.75, 3.05) is 19.6 Å². The molecule has 1 aliphatic rings. The van der Waals surface area contributed by atoms with E-state index in [2.05, 4.69) is 11.8 Å². The van der Waals surface area contributed by atoms with Crippen LogP contribution in [0.3, 0.4) is 0 Å². The summed E-state index contributed by atoms with van der Waals surface area (Å²) in [5.74, 6) is -0.358. The van der Waals surface area contributed by atoms with E-state index in [1.165, 1.54) is 18.2 Å². The first-order valence-electron chi connectivity index (χ1n) is 6.49. The first kappa shape index (κ1) is 13.4. The Bertz CT molecular complexity index is 381. The van der Waals surface area contributed by atoms with Crippen LogP contribution in [0, 0.1) is 17.6 Å². The first-order valence-corrected chi connectivity index (χ1v) is 6.49. The lowest BCUT2D eigenvalue weighted by atomic mass is 9.98. The van der Waals surface area contributed by atoms with Gasteiger partial charge in [-0.3, -0.25) is 0 Å². The zero-order valence-corrected chi connectivity index (χ0v) is 10.7. The van der Waals surface area contributed by atoms with Crippen LogP contribution in [0.5, 0.6) is 0 Å². The fourth-order valence-corrected chi connectivity index (χ4v) is 2.48. The third-order valence-electron chi connectivity index (χ3n) is 3.70. The Morgan fingerprint density at radius 3 is 2.39 bits per heavy atom. The minimum Gasteiger partial charge on any atom is -0.323 e. The number of hydrogen-bond donors (Lipinski definition) is 1. The van der Waals surface area contributed by atoms with Crippen LogP contribution >= 0.6 is 0 Å². The van der Waals surface area contributed by atoms with Crippen LogP contribution in [0.2, 0.25) is 0 Å². The SMILES string of the molecule is CC1CCN(CC(N)c2c(F)cccc2F)CC1. The Morgan fingerprint density at radius 1 is 1.28 bits per heavy atom. The van der Waals surface area contributed by atoms with Crippen molar-refractivity contribution >= 4 is 0 Å². The van der Waals surface area contributed by atoms with Gasteiger partial charge < -0.3 is 10.6 Å². The number of nitrogens with zero attached hydrogens (tertiary/aromatic N) is 1. The molecule has 0 radical (unpaired) electrons. The first-order chi connectivity index (χ1) is 8.58. The number of nitrogens with two attached hydrogens (primary N) is 1. The maximum atomic E-state index is 13.6. The minimum atomic E-state index is -0.598. The highest BCUT2D eigenvalue weighted by atomic mass is 19.1. The van der Waals surface area contributed by atoms with Crippen LogP contribution in [0.25, 0.3) is 0 Å². The third kappa shape index (κ3) is 3.06. The second-order valence-electron chi connectivity index (χ2n) is 5.22. The van der Waals surface area contributed by atoms with Crippen molar-refractivity contribution in [2.24, 2.45) is 11.7 Å². The molecule has 2 rings (SSSR count). The highest BCUT2D eigenvalue weighted by Crippen LogP contribution is 2.22. The van der Waals surface area contributed by atoms with Crippen LogP contribution in [0.15, 0.2) is 18.2 Å². The number of rotatable bonds is 3. The number of hydrogen-bond acceptors (Lipinski definition) is 2. The van der Waals surface area contributed by atoms with Gasteiger partial charge in [0.15, 0.2) is 0 Å². The lowest BCUT2D eigenvalue weighted by Crippen LogP contribution is -2.38. The van der Waals surface area contributed by atoms with E-state index in [-0.39, 0.29) is 5.56 Å². The Balaban J connectivity index is 2.01. The van der Waals surface area contributed by atoms with Gasteiger partial charge in [0.25, 0.3) is 0 Å². The lowest BCUT2D eigenvalue weighted by Gasteiger charge is -2.32. The lowest BCUT2D eigenvalue weighted by molar-refractivity contribution is 0.181. The van der Waals surface area contributed by atoms with Crippen molar-refractivity contribution in [3.05, 3.63) is 35.4 Å². The van der Waals surface area contributed by atoms with Gasteiger partial charge in [-0.05, 0) is 44.0 Å². The predicted octanol–water partition coefficient (Wildman–Crippen LogP) is 2.70. The molecule has 1 unspecified atom stereocenters. The van der Waals surface area contributed by atoms with Crippen molar-refractivity contribution in [3.8, 4) is 0 Å². The molecule has 1 aliphatic heterocycles. The molecular formula is C14H20F2N2.